The Bertz CT molecular complexity index is 820. The van der Waals surface area contributed by atoms with Crippen LogP contribution < -0.4 is 0 Å². The van der Waals surface area contributed by atoms with Crippen molar-refractivity contribution in [1.82, 2.24) is 0 Å². The van der Waals surface area contributed by atoms with E-state index in [-0.39, 0.29) is 0 Å². The van der Waals surface area contributed by atoms with Crippen LogP contribution >= 0.6 is 11.6 Å². The smallest absolute Gasteiger partial charge is 0.426 e. The van der Waals surface area contributed by atoms with Gasteiger partial charge in [-0.1, -0.05) is 31.5 Å². The molecule has 0 N–H and O–H groups in total. The Morgan fingerprint density at radius 1 is 1.10 bits per heavy atom. The van der Waals surface area contributed by atoms with E-state index in [2.05, 4.69) is 0 Å². The van der Waals surface area contributed by atoms with Crippen molar-refractivity contribution >= 4 is 17.6 Å². The molecule has 1 saturated carbocycles. The maximum atomic E-state index is 13.7. The molecule has 29 heavy (non-hydrogen) atoms. The SMILES string of the molecule is Cc1c(F)c(F)c(COCOC(=O)[C@H]2[C@@H](/C=C(\Cl)C(F)(F)F)C2(C)C)c(F)c1F. The highest BCUT2D eigenvalue weighted by Crippen LogP contribution is 2.60. The van der Waals surface area contributed by atoms with Crippen molar-refractivity contribution in [3.8, 4) is 0 Å². The fourth-order valence-electron chi connectivity index (χ4n) is 2.94. The molecule has 0 aliphatic heterocycles. The highest BCUT2D eigenvalue weighted by molar-refractivity contribution is 6.30. The second-order valence-electron chi connectivity index (χ2n) is 7.13. The van der Waals surface area contributed by atoms with Crippen LogP contribution in [-0.2, 0) is 20.9 Å². The van der Waals surface area contributed by atoms with Crippen LogP contribution in [0.4, 0.5) is 30.7 Å². The van der Waals surface area contributed by atoms with Gasteiger partial charge in [-0.3, -0.25) is 4.79 Å². The van der Waals surface area contributed by atoms with Gasteiger partial charge in [-0.15, -0.1) is 0 Å². The number of hydrogen-bond acceptors (Lipinski definition) is 3. The van der Waals surface area contributed by atoms with Gasteiger partial charge in [0.05, 0.1) is 18.1 Å². The summed E-state index contributed by atoms with van der Waals surface area (Å²) in [6.45, 7) is 2.16. The van der Waals surface area contributed by atoms with E-state index in [4.69, 9.17) is 21.1 Å². The lowest BCUT2D eigenvalue weighted by molar-refractivity contribution is -0.160. The Morgan fingerprint density at radius 2 is 1.62 bits per heavy atom. The zero-order chi connectivity index (χ0) is 22.3. The first-order chi connectivity index (χ1) is 13.2. The summed E-state index contributed by atoms with van der Waals surface area (Å²) in [5.41, 5.74) is -2.71. The standard InChI is InChI=1S/C18H16ClF7O3/c1-7-12(20)14(22)8(15(23)13(7)21)5-28-6-29-16(27)11-9(17(11,2)3)4-10(19)18(24,25)26/h4,9,11H,5-6H2,1-3H3/b10-4-/t9-,11-/m1/s1. The molecule has 0 radical (unpaired) electrons. The lowest BCUT2D eigenvalue weighted by Crippen LogP contribution is -2.14. The summed E-state index contributed by atoms with van der Waals surface area (Å²) in [4.78, 5) is 12.0. The van der Waals surface area contributed by atoms with E-state index in [1.54, 1.807) is 0 Å². The number of carbonyl (C=O) groups is 1. The fourth-order valence-corrected chi connectivity index (χ4v) is 3.07. The van der Waals surface area contributed by atoms with Crippen LogP contribution in [0.3, 0.4) is 0 Å². The second kappa shape index (κ2) is 8.14. The number of hydrogen-bond donors (Lipinski definition) is 0. The minimum Gasteiger partial charge on any atom is -0.438 e. The summed E-state index contributed by atoms with van der Waals surface area (Å²) in [6.07, 6.45) is -4.03. The highest BCUT2D eigenvalue weighted by atomic mass is 35.5. The van der Waals surface area contributed by atoms with Gasteiger partial charge < -0.3 is 9.47 Å². The van der Waals surface area contributed by atoms with E-state index >= 15 is 0 Å². The van der Waals surface area contributed by atoms with Crippen molar-refractivity contribution in [1.29, 1.82) is 0 Å². The van der Waals surface area contributed by atoms with Gasteiger partial charge in [0.1, 0.15) is 5.03 Å². The van der Waals surface area contributed by atoms with Crippen LogP contribution in [0.15, 0.2) is 11.1 Å². The predicted molar refractivity (Wildman–Crippen MR) is 87.5 cm³/mol. The predicted octanol–water partition coefficient (Wildman–Crippen LogP) is 5.53. The molecular formula is C18H16ClF7O3. The van der Waals surface area contributed by atoms with Crippen LogP contribution in [-0.4, -0.2) is 18.9 Å². The summed E-state index contributed by atoms with van der Waals surface area (Å²) in [5, 5.41) is -1.36. The van der Waals surface area contributed by atoms with E-state index in [1.165, 1.54) is 13.8 Å². The summed E-state index contributed by atoms with van der Waals surface area (Å²) in [5.74, 6) is -9.11. The van der Waals surface area contributed by atoms with E-state index < -0.39 is 82.2 Å². The molecule has 3 nitrogen and oxygen atoms in total. The zero-order valence-electron chi connectivity index (χ0n) is 15.4. The molecule has 0 saturated heterocycles. The summed E-state index contributed by atoms with van der Waals surface area (Å²) < 4.78 is 101. The molecule has 1 aromatic rings. The molecule has 2 atom stereocenters. The molecule has 1 aliphatic carbocycles. The number of ether oxygens (including phenoxy) is 2. The number of benzene rings is 1. The molecule has 0 spiro atoms. The molecule has 162 valence electrons. The molecule has 2 rings (SSSR count). The number of allylic oxidation sites excluding steroid dienone is 2. The van der Waals surface area contributed by atoms with Crippen molar-refractivity contribution < 1.29 is 45.0 Å². The number of halogens is 8. The highest BCUT2D eigenvalue weighted by Gasteiger charge is 2.62. The van der Waals surface area contributed by atoms with E-state index in [9.17, 15) is 35.5 Å². The molecule has 0 amide bonds. The molecule has 0 heterocycles. The molecule has 0 aromatic heterocycles. The lowest BCUT2D eigenvalue weighted by Gasteiger charge is -2.11. The van der Waals surface area contributed by atoms with Gasteiger partial charge in [-0.25, -0.2) is 17.6 Å². The number of alkyl halides is 3. The topological polar surface area (TPSA) is 35.5 Å². The molecular weight excluding hydrogens is 433 g/mol. The Balaban J connectivity index is 1.95. The number of rotatable bonds is 6. The lowest BCUT2D eigenvalue weighted by atomic mass is 10.1. The van der Waals surface area contributed by atoms with E-state index in [1.807, 2.05) is 0 Å². The minimum absolute atomic E-state index is 0.719. The first-order valence-corrected chi connectivity index (χ1v) is 8.59. The third-order valence-corrected chi connectivity index (χ3v) is 5.21. The van der Waals surface area contributed by atoms with E-state index in [0.717, 1.165) is 13.0 Å². The van der Waals surface area contributed by atoms with Gasteiger partial charge in [0.25, 0.3) is 0 Å². The Hall–Kier alpha value is -1.81. The van der Waals surface area contributed by atoms with Crippen molar-refractivity contribution in [3.05, 3.63) is 45.5 Å². The van der Waals surface area contributed by atoms with Crippen molar-refractivity contribution in [3.63, 3.8) is 0 Å². The first kappa shape index (κ1) is 23.5. The van der Waals surface area contributed by atoms with Gasteiger partial charge >= 0.3 is 12.1 Å². The summed E-state index contributed by atoms with van der Waals surface area (Å²) in [7, 11) is 0. The Kier molecular flexibility index (Phi) is 6.59. The third kappa shape index (κ3) is 4.69. The monoisotopic (exact) mass is 448 g/mol. The first-order valence-electron chi connectivity index (χ1n) is 8.21. The molecule has 1 fully saturated rings. The van der Waals surface area contributed by atoms with Gasteiger partial charge in [0.2, 0.25) is 0 Å². The average molecular weight is 449 g/mol. The van der Waals surface area contributed by atoms with Crippen LogP contribution in [0.5, 0.6) is 0 Å². The molecule has 0 bridgehead atoms. The van der Waals surface area contributed by atoms with Crippen LogP contribution in [0.1, 0.15) is 25.0 Å². The van der Waals surface area contributed by atoms with Gasteiger partial charge in [0.15, 0.2) is 30.1 Å². The number of esters is 1. The number of carbonyl (C=O) groups excluding carboxylic acids is 1. The zero-order valence-corrected chi connectivity index (χ0v) is 16.2. The van der Waals surface area contributed by atoms with Crippen molar-refractivity contribution in [2.45, 2.75) is 33.6 Å². The van der Waals surface area contributed by atoms with Crippen molar-refractivity contribution in [2.75, 3.05) is 6.79 Å². The summed E-state index contributed by atoms with van der Waals surface area (Å²) >= 11 is 5.18. The third-order valence-electron chi connectivity index (χ3n) is 4.87. The van der Waals surface area contributed by atoms with E-state index in [0.29, 0.717) is 0 Å². The normalized spacial score (nSPS) is 21.3. The minimum atomic E-state index is -4.75. The molecule has 1 aromatic carbocycles. The Morgan fingerprint density at radius 3 is 2.10 bits per heavy atom. The Labute approximate surface area is 166 Å². The molecule has 0 unspecified atom stereocenters. The van der Waals surface area contributed by atoms with Gasteiger partial charge in [-0.2, -0.15) is 13.2 Å². The summed E-state index contributed by atoms with van der Waals surface area (Å²) in [6, 6.07) is 0. The maximum Gasteiger partial charge on any atom is 0.426 e. The molecule has 11 heteroatoms. The quantitative estimate of drug-likeness (QED) is 0.189. The molecule has 1 aliphatic rings. The average Bonchev–Trinajstić information content (AvgIpc) is 3.16. The fraction of sp³-hybridized carbons (Fsp3) is 0.500. The van der Waals surface area contributed by atoms with Crippen molar-refractivity contribution in [2.24, 2.45) is 17.3 Å². The van der Waals surface area contributed by atoms with Crippen LogP contribution in [0.2, 0.25) is 0 Å². The van der Waals surface area contributed by atoms with Gasteiger partial charge in [0, 0.05) is 5.56 Å². The maximum absolute atomic E-state index is 13.7. The van der Waals surface area contributed by atoms with Crippen LogP contribution in [0, 0.1) is 47.4 Å². The van der Waals surface area contributed by atoms with Crippen LogP contribution in [0.25, 0.3) is 0 Å². The second-order valence-corrected chi connectivity index (χ2v) is 7.53. The van der Waals surface area contributed by atoms with Gasteiger partial charge in [-0.05, 0) is 18.3 Å². The largest absolute Gasteiger partial charge is 0.438 e.